The van der Waals surface area contributed by atoms with E-state index in [1.165, 1.54) is 4.90 Å². The Morgan fingerprint density at radius 3 is 2.37 bits per heavy atom. The summed E-state index contributed by atoms with van der Waals surface area (Å²) in [6.45, 7) is 2.27. The molecule has 2 aromatic carbocycles. The van der Waals surface area contributed by atoms with Crippen LogP contribution in [0.15, 0.2) is 48.5 Å². The number of nitrogens with zero attached hydrogens (tertiary/aromatic N) is 1. The highest BCUT2D eigenvalue weighted by Crippen LogP contribution is 2.33. The molecule has 2 aromatic rings. The van der Waals surface area contributed by atoms with Crippen molar-refractivity contribution >= 4 is 35.3 Å². The van der Waals surface area contributed by atoms with Gasteiger partial charge in [-0.15, -0.1) is 0 Å². The van der Waals surface area contributed by atoms with Crippen LogP contribution in [-0.4, -0.2) is 40.9 Å². The molecule has 0 atom stereocenters. The second-order valence-corrected chi connectivity index (χ2v) is 9.21. The number of anilines is 2. The fraction of sp³-hybridized carbons (Fsp3) is 0.385. The van der Waals surface area contributed by atoms with Gasteiger partial charge in [-0.3, -0.25) is 14.5 Å². The van der Waals surface area contributed by atoms with Crippen molar-refractivity contribution in [2.75, 3.05) is 17.2 Å². The van der Waals surface area contributed by atoms with Crippen LogP contribution >= 0.6 is 0 Å². The van der Waals surface area contributed by atoms with Crippen molar-refractivity contribution < 1.29 is 19.2 Å². The summed E-state index contributed by atoms with van der Waals surface area (Å²) in [6.07, 6.45) is 4.26. The Morgan fingerprint density at radius 1 is 0.971 bits per heavy atom. The van der Waals surface area contributed by atoms with E-state index in [2.05, 4.69) is 21.3 Å². The maximum Gasteiger partial charge on any atom is 0.325 e. The molecular formula is C26H31N5O4. The Morgan fingerprint density at radius 2 is 1.66 bits per heavy atom. The number of carbonyl (C=O) groups is 4. The van der Waals surface area contributed by atoms with Crippen LogP contribution in [0.3, 0.4) is 0 Å². The average Bonchev–Trinajstić information content (AvgIpc) is 3.05. The number of amides is 6. The number of aryl methyl sites for hydroxylation is 1. The summed E-state index contributed by atoms with van der Waals surface area (Å²) in [6, 6.07) is 13.9. The van der Waals surface area contributed by atoms with Crippen LogP contribution in [0.2, 0.25) is 0 Å². The predicted molar refractivity (Wildman–Crippen MR) is 133 cm³/mol. The fourth-order valence-electron chi connectivity index (χ4n) is 4.65. The van der Waals surface area contributed by atoms with Crippen molar-refractivity contribution in [3.05, 3.63) is 59.7 Å². The maximum absolute atomic E-state index is 12.8. The molecule has 9 nitrogen and oxygen atoms in total. The van der Waals surface area contributed by atoms with E-state index in [0.717, 1.165) is 30.4 Å². The lowest BCUT2D eigenvalue weighted by molar-refractivity contribution is -0.132. The number of nitrogens with one attached hydrogen (secondary N) is 4. The summed E-state index contributed by atoms with van der Waals surface area (Å²) in [4.78, 5) is 51.0. The van der Waals surface area contributed by atoms with Gasteiger partial charge < -0.3 is 21.3 Å². The Hall–Kier alpha value is -3.88. The van der Waals surface area contributed by atoms with Gasteiger partial charge in [0.1, 0.15) is 5.54 Å². The zero-order chi connectivity index (χ0) is 24.8. The van der Waals surface area contributed by atoms with Gasteiger partial charge in [-0.25, -0.2) is 9.59 Å². The zero-order valence-electron chi connectivity index (χ0n) is 19.9. The topological polar surface area (TPSA) is 120 Å². The minimum atomic E-state index is -0.773. The third kappa shape index (κ3) is 5.98. The van der Waals surface area contributed by atoms with E-state index in [4.69, 9.17) is 0 Å². The molecule has 1 aliphatic carbocycles. The Balaban J connectivity index is 1.24. The highest BCUT2D eigenvalue weighted by molar-refractivity contribution is 6.07. The number of urea groups is 2. The van der Waals surface area contributed by atoms with E-state index in [1.54, 1.807) is 18.2 Å². The molecular weight excluding hydrogens is 446 g/mol. The van der Waals surface area contributed by atoms with E-state index < -0.39 is 11.6 Å². The summed E-state index contributed by atoms with van der Waals surface area (Å²) in [7, 11) is 0. The molecule has 0 radical (unpaired) electrons. The molecule has 4 rings (SSSR count). The Labute approximate surface area is 204 Å². The lowest BCUT2D eigenvalue weighted by Crippen LogP contribution is -2.48. The second-order valence-electron chi connectivity index (χ2n) is 9.21. The molecule has 6 amide bonds. The van der Waals surface area contributed by atoms with Crippen molar-refractivity contribution in [1.29, 1.82) is 0 Å². The van der Waals surface area contributed by atoms with Crippen LogP contribution in [0.4, 0.5) is 21.0 Å². The molecule has 4 N–H and O–H groups in total. The molecule has 2 fully saturated rings. The number of hydrogen-bond acceptors (Lipinski definition) is 4. The van der Waals surface area contributed by atoms with Crippen LogP contribution in [0.1, 0.15) is 49.7 Å². The van der Waals surface area contributed by atoms with E-state index >= 15 is 0 Å². The molecule has 1 aliphatic heterocycles. The first-order valence-electron chi connectivity index (χ1n) is 12.0. The molecule has 1 spiro atoms. The average molecular weight is 478 g/mol. The lowest BCUT2D eigenvalue weighted by Gasteiger charge is -2.30. The van der Waals surface area contributed by atoms with Crippen LogP contribution in [0.25, 0.3) is 0 Å². The highest BCUT2D eigenvalue weighted by atomic mass is 16.2. The van der Waals surface area contributed by atoms with E-state index in [-0.39, 0.29) is 37.4 Å². The van der Waals surface area contributed by atoms with Crippen LogP contribution in [0, 0.1) is 6.92 Å². The summed E-state index contributed by atoms with van der Waals surface area (Å²) in [5.74, 6) is -0.469. The van der Waals surface area contributed by atoms with Crippen LogP contribution in [-0.2, 0) is 16.1 Å². The first kappa shape index (κ1) is 24.3. The van der Waals surface area contributed by atoms with Crippen molar-refractivity contribution in [3.63, 3.8) is 0 Å². The smallest absolute Gasteiger partial charge is 0.325 e. The lowest BCUT2D eigenvalue weighted by atomic mass is 9.82. The highest BCUT2D eigenvalue weighted by Gasteiger charge is 2.51. The van der Waals surface area contributed by atoms with Gasteiger partial charge in [-0.05, 0) is 55.2 Å². The minimum absolute atomic E-state index is 0.0338. The zero-order valence-corrected chi connectivity index (χ0v) is 19.9. The third-order valence-electron chi connectivity index (χ3n) is 6.47. The van der Waals surface area contributed by atoms with E-state index in [0.29, 0.717) is 24.2 Å². The van der Waals surface area contributed by atoms with Gasteiger partial charge >= 0.3 is 12.1 Å². The summed E-state index contributed by atoms with van der Waals surface area (Å²) in [5, 5.41) is 11.2. The van der Waals surface area contributed by atoms with E-state index in [1.807, 2.05) is 37.3 Å². The first-order chi connectivity index (χ1) is 16.8. The van der Waals surface area contributed by atoms with E-state index in [9.17, 15) is 19.2 Å². The molecule has 0 bridgehead atoms. The molecule has 184 valence electrons. The van der Waals surface area contributed by atoms with Gasteiger partial charge in [0.25, 0.3) is 5.91 Å². The number of carbonyl (C=O) groups excluding carboxylic acids is 4. The van der Waals surface area contributed by atoms with Crippen LogP contribution in [0.5, 0.6) is 0 Å². The summed E-state index contributed by atoms with van der Waals surface area (Å²) in [5.41, 5.74) is 2.38. The molecule has 0 aromatic heterocycles. The first-order valence-corrected chi connectivity index (χ1v) is 12.0. The molecule has 2 aliphatic rings. The second kappa shape index (κ2) is 10.6. The monoisotopic (exact) mass is 477 g/mol. The van der Waals surface area contributed by atoms with Gasteiger partial charge in [0.15, 0.2) is 0 Å². The van der Waals surface area contributed by atoms with Gasteiger partial charge in [-0.2, -0.15) is 0 Å². The molecule has 9 heteroatoms. The SMILES string of the molecule is Cc1cccc(NC(=O)Nc2cccc(CNC(=O)CCN3C(=O)NC4(CCCCC4)C3=O)c2)c1. The van der Waals surface area contributed by atoms with Gasteiger partial charge in [-0.1, -0.05) is 43.5 Å². The van der Waals surface area contributed by atoms with Crippen molar-refractivity contribution in [2.24, 2.45) is 0 Å². The molecule has 35 heavy (non-hydrogen) atoms. The number of hydrogen-bond donors (Lipinski definition) is 4. The number of rotatable bonds is 7. The van der Waals surface area contributed by atoms with Gasteiger partial charge in [0.05, 0.1) is 0 Å². The summed E-state index contributed by atoms with van der Waals surface area (Å²) >= 11 is 0. The third-order valence-corrected chi connectivity index (χ3v) is 6.47. The molecule has 0 unspecified atom stereocenters. The largest absolute Gasteiger partial charge is 0.352 e. The number of benzene rings is 2. The van der Waals surface area contributed by atoms with Gasteiger partial charge in [0.2, 0.25) is 5.91 Å². The fourth-order valence-corrected chi connectivity index (χ4v) is 4.65. The summed E-state index contributed by atoms with van der Waals surface area (Å²) < 4.78 is 0. The van der Waals surface area contributed by atoms with Gasteiger partial charge in [0, 0.05) is 30.9 Å². The predicted octanol–water partition coefficient (Wildman–Crippen LogP) is 3.90. The van der Waals surface area contributed by atoms with Crippen molar-refractivity contribution in [2.45, 2.75) is 57.5 Å². The molecule has 1 saturated heterocycles. The Kier molecular flexibility index (Phi) is 7.33. The standard InChI is InChI=1S/C26H31N5O4/c1-18-7-5-9-20(15-18)28-24(34)29-21-10-6-8-19(16-21)17-27-22(32)11-14-31-23(33)26(30-25(31)35)12-3-2-4-13-26/h5-10,15-16H,2-4,11-14,17H2,1H3,(H,27,32)(H,30,35)(H2,28,29,34). The maximum atomic E-state index is 12.8. The molecule has 1 heterocycles. The normalized spacial score (nSPS) is 16.7. The van der Waals surface area contributed by atoms with Crippen LogP contribution < -0.4 is 21.3 Å². The van der Waals surface area contributed by atoms with Crippen molar-refractivity contribution in [3.8, 4) is 0 Å². The minimum Gasteiger partial charge on any atom is -0.352 e. The Bertz CT molecular complexity index is 1130. The molecule has 1 saturated carbocycles. The quantitative estimate of drug-likeness (QED) is 0.452. The van der Waals surface area contributed by atoms with Crippen molar-refractivity contribution in [1.82, 2.24) is 15.5 Å². The number of imide groups is 1.